The molecule has 0 aliphatic rings. The molecule has 9 heavy (non-hydrogen) atoms. The molecule has 0 bridgehead atoms. The van der Waals surface area contributed by atoms with Crippen LogP contribution >= 0.6 is 0 Å². The van der Waals surface area contributed by atoms with E-state index < -0.39 is 10.3 Å². The van der Waals surface area contributed by atoms with Gasteiger partial charge in [-0.15, -0.1) is 4.83 Å². The molecule has 0 saturated carbocycles. The summed E-state index contributed by atoms with van der Waals surface area (Å²) >= 11 is 0. The fourth-order valence-electron chi connectivity index (χ4n) is 0.310. The van der Waals surface area contributed by atoms with Gasteiger partial charge in [-0.1, -0.05) is 0 Å². The maximum atomic E-state index is 10.4. The van der Waals surface area contributed by atoms with Gasteiger partial charge in [0.1, 0.15) is 0 Å². The quantitative estimate of drug-likeness (QED) is 0.509. The van der Waals surface area contributed by atoms with Crippen molar-refractivity contribution < 1.29 is 12.6 Å². The zero-order chi connectivity index (χ0) is 7.33. The van der Waals surface area contributed by atoms with Crippen LogP contribution in [0.5, 0.6) is 0 Å². The summed E-state index contributed by atoms with van der Waals surface area (Å²) in [6, 6.07) is 0. The molecule has 5 nitrogen and oxygen atoms in total. The standard InChI is InChI=1S/C3H10N2O3S/c1-3-8-9(6,7)5-4-2/h4-5H,3H2,1-2H3. The van der Waals surface area contributed by atoms with Crippen LogP contribution in [0.4, 0.5) is 0 Å². The zero-order valence-corrected chi connectivity index (χ0v) is 6.16. The predicted molar refractivity (Wildman–Crippen MR) is 32.7 cm³/mol. The van der Waals surface area contributed by atoms with Gasteiger partial charge in [0.2, 0.25) is 0 Å². The first-order valence-corrected chi connectivity index (χ1v) is 3.86. The van der Waals surface area contributed by atoms with E-state index in [1.54, 1.807) is 6.92 Å². The molecule has 0 aliphatic carbocycles. The average molecular weight is 154 g/mol. The highest BCUT2D eigenvalue weighted by atomic mass is 32.2. The highest BCUT2D eigenvalue weighted by Crippen LogP contribution is 1.81. The minimum atomic E-state index is -3.54. The van der Waals surface area contributed by atoms with Gasteiger partial charge in [0.25, 0.3) is 0 Å². The first-order valence-electron chi connectivity index (χ1n) is 2.45. The number of hydrogen-bond acceptors (Lipinski definition) is 4. The Kier molecular flexibility index (Phi) is 3.71. The maximum Gasteiger partial charge on any atom is 0.348 e. The first-order chi connectivity index (χ1) is 4.12. The first kappa shape index (κ1) is 8.83. The number of hydrazine groups is 1. The van der Waals surface area contributed by atoms with Gasteiger partial charge in [-0.3, -0.25) is 4.18 Å². The molecule has 0 aromatic rings. The Morgan fingerprint density at radius 2 is 2.11 bits per heavy atom. The van der Waals surface area contributed by atoms with Crippen molar-refractivity contribution >= 4 is 10.3 Å². The van der Waals surface area contributed by atoms with Gasteiger partial charge in [0.05, 0.1) is 6.61 Å². The lowest BCUT2D eigenvalue weighted by atomic mass is 10.9. The summed E-state index contributed by atoms with van der Waals surface area (Å²) in [6.45, 7) is 1.73. The summed E-state index contributed by atoms with van der Waals surface area (Å²) in [7, 11) is -2.10. The van der Waals surface area contributed by atoms with Gasteiger partial charge >= 0.3 is 10.3 Å². The predicted octanol–water partition coefficient (Wildman–Crippen LogP) is -1.01. The lowest BCUT2D eigenvalue weighted by Gasteiger charge is -2.01. The molecule has 0 saturated heterocycles. The summed E-state index contributed by atoms with van der Waals surface area (Å²) in [5, 5.41) is 0. The summed E-state index contributed by atoms with van der Waals surface area (Å²) < 4.78 is 25.1. The molecule has 6 heteroatoms. The van der Waals surface area contributed by atoms with Crippen LogP contribution in [-0.2, 0) is 14.5 Å². The minimum absolute atomic E-state index is 0.136. The van der Waals surface area contributed by atoms with Crippen LogP contribution in [0.3, 0.4) is 0 Å². The molecule has 0 amide bonds. The van der Waals surface area contributed by atoms with Crippen molar-refractivity contribution in [2.75, 3.05) is 13.7 Å². The van der Waals surface area contributed by atoms with Crippen molar-refractivity contribution in [1.82, 2.24) is 10.3 Å². The van der Waals surface area contributed by atoms with E-state index in [0.717, 1.165) is 0 Å². The molecule has 0 unspecified atom stereocenters. The highest BCUT2D eigenvalue weighted by Gasteiger charge is 2.04. The molecule has 0 spiro atoms. The highest BCUT2D eigenvalue weighted by molar-refractivity contribution is 7.84. The van der Waals surface area contributed by atoms with E-state index in [1.165, 1.54) is 7.05 Å². The molecule has 0 aromatic carbocycles. The normalized spacial score (nSPS) is 11.8. The van der Waals surface area contributed by atoms with Crippen LogP contribution in [0.25, 0.3) is 0 Å². The lowest BCUT2D eigenvalue weighted by molar-refractivity contribution is 0.326. The largest absolute Gasteiger partial charge is 0.348 e. The second kappa shape index (κ2) is 3.78. The van der Waals surface area contributed by atoms with Crippen molar-refractivity contribution in [2.24, 2.45) is 0 Å². The lowest BCUT2D eigenvalue weighted by Crippen LogP contribution is -2.35. The second-order valence-corrected chi connectivity index (χ2v) is 2.56. The Bertz CT molecular complexity index is 140. The number of rotatable bonds is 4. The van der Waals surface area contributed by atoms with Crippen LogP contribution in [0.15, 0.2) is 0 Å². The van der Waals surface area contributed by atoms with Gasteiger partial charge in [-0.05, 0) is 14.0 Å². The third-order valence-corrected chi connectivity index (χ3v) is 1.50. The zero-order valence-electron chi connectivity index (χ0n) is 5.34. The van der Waals surface area contributed by atoms with Crippen molar-refractivity contribution in [3.8, 4) is 0 Å². The van der Waals surface area contributed by atoms with E-state index >= 15 is 0 Å². The molecular weight excluding hydrogens is 144 g/mol. The van der Waals surface area contributed by atoms with E-state index in [-0.39, 0.29) is 6.61 Å². The molecule has 0 rings (SSSR count). The Balaban J connectivity index is 3.73. The van der Waals surface area contributed by atoms with Crippen molar-refractivity contribution in [3.63, 3.8) is 0 Å². The van der Waals surface area contributed by atoms with Crippen molar-refractivity contribution in [2.45, 2.75) is 6.92 Å². The number of nitrogens with one attached hydrogen (secondary N) is 2. The molecule has 0 atom stereocenters. The summed E-state index contributed by atoms with van der Waals surface area (Å²) in [5.74, 6) is 0. The molecule has 2 N–H and O–H groups in total. The van der Waals surface area contributed by atoms with Gasteiger partial charge < -0.3 is 0 Å². The molecule has 0 radical (unpaired) electrons. The SMILES string of the molecule is CCOS(=O)(=O)NNC. The van der Waals surface area contributed by atoms with E-state index in [0.29, 0.717) is 0 Å². The molecule has 0 heterocycles. The van der Waals surface area contributed by atoms with Gasteiger partial charge in [-0.2, -0.15) is 8.42 Å². The third-order valence-electron chi connectivity index (χ3n) is 0.500. The maximum absolute atomic E-state index is 10.4. The summed E-state index contributed by atoms with van der Waals surface area (Å²) in [6.07, 6.45) is 0. The Hall–Kier alpha value is -0.170. The van der Waals surface area contributed by atoms with Gasteiger partial charge in [0.15, 0.2) is 0 Å². The number of hydrogen-bond donors (Lipinski definition) is 2. The average Bonchev–Trinajstić information content (AvgIpc) is 1.64. The van der Waals surface area contributed by atoms with Crippen molar-refractivity contribution in [1.29, 1.82) is 0 Å². The fourth-order valence-corrected chi connectivity index (χ4v) is 0.929. The van der Waals surface area contributed by atoms with Crippen molar-refractivity contribution in [3.05, 3.63) is 0 Å². The molecule has 0 aliphatic heterocycles. The summed E-state index contributed by atoms with van der Waals surface area (Å²) in [4.78, 5) is 1.92. The molecular formula is C3H10N2O3S. The van der Waals surface area contributed by atoms with Crippen LogP contribution in [0.1, 0.15) is 6.92 Å². The Labute approximate surface area is 54.6 Å². The topological polar surface area (TPSA) is 67.4 Å². The van der Waals surface area contributed by atoms with E-state index in [2.05, 4.69) is 9.61 Å². The van der Waals surface area contributed by atoms with Crippen LogP contribution in [0, 0.1) is 0 Å². The molecule has 0 aromatic heterocycles. The van der Waals surface area contributed by atoms with Gasteiger partial charge in [0, 0.05) is 0 Å². The van der Waals surface area contributed by atoms with E-state index in [1.807, 2.05) is 4.83 Å². The Morgan fingerprint density at radius 3 is 2.44 bits per heavy atom. The monoisotopic (exact) mass is 154 g/mol. The minimum Gasteiger partial charge on any atom is -0.257 e. The van der Waals surface area contributed by atoms with E-state index in [9.17, 15) is 8.42 Å². The second-order valence-electron chi connectivity index (χ2n) is 1.21. The molecule has 0 fully saturated rings. The van der Waals surface area contributed by atoms with Gasteiger partial charge in [-0.25, -0.2) is 5.43 Å². The van der Waals surface area contributed by atoms with Crippen LogP contribution in [-0.4, -0.2) is 22.1 Å². The molecule has 56 valence electrons. The van der Waals surface area contributed by atoms with Crippen LogP contribution < -0.4 is 10.3 Å². The third kappa shape index (κ3) is 4.34. The van der Waals surface area contributed by atoms with E-state index in [4.69, 9.17) is 0 Å². The van der Waals surface area contributed by atoms with Crippen LogP contribution in [0.2, 0.25) is 0 Å². The smallest absolute Gasteiger partial charge is 0.257 e. The Morgan fingerprint density at radius 1 is 1.56 bits per heavy atom. The summed E-state index contributed by atoms with van der Waals surface area (Å²) in [5.41, 5.74) is 2.23. The fraction of sp³-hybridized carbons (Fsp3) is 1.00.